The van der Waals surface area contributed by atoms with Gasteiger partial charge in [0.2, 0.25) is 0 Å². The predicted octanol–water partition coefficient (Wildman–Crippen LogP) is 3.33. The highest BCUT2D eigenvalue weighted by atomic mass is 16.5. The fourth-order valence-electron chi connectivity index (χ4n) is 5.60. The van der Waals surface area contributed by atoms with Crippen LogP contribution in [0.25, 0.3) is 5.76 Å². The molecule has 1 spiro atoms. The molecule has 0 bridgehead atoms. The summed E-state index contributed by atoms with van der Waals surface area (Å²) in [7, 11) is 1.55. The third-order valence-electron chi connectivity index (χ3n) is 7.18. The Hall–Kier alpha value is -4.17. The fraction of sp³-hybridized carbons (Fsp3) is 0.250. The molecule has 0 saturated heterocycles. The van der Waals surface area contributed by atoms with Gasteiger partial charge in [-0.15, -0.1) is 0 Å². The van der Waals surface area contributed by atoms with E-state index in [0.29, 0.717) is 5.75 Å². The smallest absolute Gasteiger partial charge is 0.337 e. The number of Topliss-reactive ketones (excluding diaryl/α,β-unsaturated/α-hetero) is 1. The Morgan fingerprint density at radius 1 is 1.06 bits per heavy atom. The number of hydrogen-bond donors (Lipinski definition) is 2. The average molecular weight is 488 g/mol. The molecule has 0 radical (unpaired) electrons. The zero-order valence-electron chi connectivity index (χ0n) is 20.1. The highest BCUT2D eigenvalue weighted by Crippen LogP contribution is 2.62. The van der Waals surface area contributed by atoms with Crippen molar-refractivity contribution in [1.82, 2.24) is 4.90 Å². The maximum Gasteiger partial charge on any atom is 0.337 e. The van der Waals surface area contributed by atoms with Crippen molar-refractivity contribution in [3.8, 4) is 5.75 Å². The molecule has 8 heteroatoms. The Morgan fingerprint density at radius 3 is 2.36 bits per heavy atom. The molecule has 184 valence electrons. The van der Waals surface area contributed by atoms with Crippen molar-refractivity contribution in [2.45, 2.75) is 26.1 Å². The zero-order chi connectivity index (χ0) is 25.8. The van der Waals surface area contributed by atoms with Crippen LogP contribution in [0.2, 0.25) is 0 Å². The second-order valence-corrected chi connectivity index (χ2v) is 8.89. The summed E-state index contributed by atoms with van der Waals surface area (Å²) in [6, 6.07) is 13.4. The van der Waals surface area contributed by atoms with Gasteiger partial charge >= 0.3 is 5.97 Å². The number of carbonyl (C=O) groups excluding carboxylic acids is 3. The highest BCUT2D eigenvalue weighted by molar-refractivity contribution is 6.26. The third kappa shape index (κ3) is 2.88. The molecule has 1 aliphatic heterocycles. The van der Waals surface area contributed by atoms with Crippen LogP contribution in [0.3, 0.4) is 0 Å². The summed E-state index contributed by atoms with van der Waals surface area (Å²) < 4.78 is 10.5. The van der Waals surface area contributed by atoms with Crippen molar-refractivity contribution < 1.29 is 34.1 Å². The topological polar surface area (TPSA) is 113 Å². The van der Waals surface area contributed by atoms with Crippen LogP contribution in [-0.2, 0) is 20.9 Å². The van der Waals surface area contributed by atoms with E-state index in [0.717, 1.165) is 11.6 Å². The monoisotopic (exact) mass is 487 g/mol. The fourth-order valence-corrected chi connectivity index (χ4v) is 5.60. The summed E-state index contributed by atoms with van der Waals surface area (Å²) in [5.74, 6) is -1.97. The van der Waals surface area contributed by atoms with E-state index in [-0.39, 0.29) is 41.1 Å². The van der Waals surface area contributed by atoms with Gasteiger partial charge in [-0.25, -0.2) is 4.79 Å². The second-order valence-electron chi connectivity index (χ2n) is 8.89. The number of rotatable bonds is 5. The molecule has 36 heavy (non-hydrogen) atoms. The van der Waals surface area contributed by atoms with Crippen molar-refractivity contribution in [3.05, 3.63) is 94.2 Å². The van der Waals surface area contributed by atoms with Crippen LogP contribution in [0, 0.1) is 5.41 Å². The average Bonchev–Trinajstić information content (AvgIpc) is 3.07. The van der Waals surface area contributed by atoms with Gasteiger partial charge in [-0.3, -0.25) is 9.59 Å². The normalized spacial score (nSPS) is 24.5. The summed E-state index contributed by atoms with van der Waals surface area (Å²) in [4.78, 5) is 42.5. The minimum atomic E-state index is -2.21. The molecule has 2 aliphatic carbocycles. The van der Waals surface area contributed by atoms with Crippen LogP contribution >= 0.6 is 0 Å². The number of allylic oxidation sites excluding steroid dienone is 2. The molecule has 5 rings (SSSR count). The van der Waals surface area contributed by atoms with Crippen LogP contribution in [0.4, 0.5) is 0 Å². The number of benzene rings is 2. The van der Waals surface area contributed by atoms with Crippen molar-refractivity contribution in [2.24, 2.45) is 5.41 Å². The van der Waals surface area contributed by atoms with E-state index in [2.05, 4.69) is 0 Å². The molecule has 3 aliphatic rings. The lowest BCUT2D eigenvalue weighted by Crippen LogP contribution is -2.62. The Kier molecular flexibility index (Phi) is 5.37. The lowest BCUT2D eigenvalue weighted by Gasteiger charge is -2.49. The summed E-state index contributed by atoms with van der Waals surface area (Å²) in [5, 5.41) is 23.7. The SMILES string of the molecule is CCOC(=O)C1=C(C)N(Cc2ccc(OC)cc2)C2(O)C=CC(=O)C3=C(O)c4ccccc4C(=O)C312. The lowest BCUT2D eigenvalue weighted by atomic mass is 9.57. The number of nitrogens with zero attached hydrogens (tertiary/aromatic N) is 1. The summed E-state index contributed by atoms with van der Waals surface area (Å²) in [6.07, 6.45) is 2.37. The number of aliphatic hydroxyl groups is 2. The second kappa shape index (κ2) is 8.20. The maximum absolute atomic E-state index is 14.3. The first kappa shape index (κ1) is 23.6. The van der Waals surface area contributed by atoms with Crippen LogP contribution in [-0.4, -0.2) is 52.1 Å². The van der Waals surface area contributed by atoms with E-state index in [4.69, 9.17) is 9.47 Å². The first-order chi connectivity index (χ1) is 17.2. The van der Waals surface area contributed by atoms with E-state index < -0.39 is 34.4 Å². The number of fused-ring (bicyclic) bond motifs is 1. The van der Waals surface area contributed by atoms with Crippen molar-refractivity contribution in [1.29, 1.82) is 0 Å². The molecule has 2 N–H and O–H groups in total. The van der Waals surface area contributed by atoms with Crippen LogP contribution in [0.15, 0.2) is 77.5 Å². The number of aliphatic hydroxyl groups excluding tert-OH is 1. The summed E-state index contributed by atoms with van der Waals surface area (Å²) >= 11 is 0. The van der Waals surface area contributed by atoms with Gasteiger partial charge in [0, 0.05) is 23.4 Å². The molecule has 0 aromatic heterocycles. The van der Waals surface area contributed by atoms with E-state index in [9.17, 15) is 24.6 Å². The van der Waals surface area contributed by atoms with Crippen molar-refractivity contribution in [3.63, 3.8) is 0 Å². The minimum absolute atomic E-state index is 0.0161. The molecule has 2 unspecified atom stereocenters. The molecule has 1 heterocycles. The van der Waals surface area contributed by atoms with E-state index in [1.54, 1.807) is 57.4 Å². The summed E-state index contributed by atoms with van der Waals surface area (Å²) in [6.45, 7) is 3.34. The maximum atomic E-state index is 14.3. The van der Waals surface area contributed by atoms with Gasteiger partial charge < -0.3 is 24.6 Å². The third-order valence-corrected chi connectivity index (χ3v) is 7.18. The number of esters is 1. The number of methoxy groups -OCH3 is 1. The first-order valence-corrected chi connectivity index (χ1v) is 11.5. The van der Waals surface area contributed by atoms with Gasteiger partial charge in [-0.1, -0.05) is 36.4 Å². The number of ether oxygens (including phenoxy) is 2. The van der Waals surface area contributed by atoms with E-state index >= 15 is 0 Å². The highest BCUT2D eigenvalue weighted by Gasteiger charge is 2.73. The van der Waals surface area contributed by atoms with Crippen LogP contribution in [0.1, 0.15) is 35.3 Å². The van der Waals surface area contributed by atoms with Gasteiger partial charge in [0.15, 0.2) is 22.7 Å². The molecule has 0 amide bonds. The van der Waals surface area contributed by atoms with E-state index in [1.165, 1.54) is 23.1 Å². The van der Waals surface area contributed by atoms with Crippen LogP contribution < -0.4 is 4.74 Å². The summed E-state index contributed by atoms with van der Waals surface area (Å²) in [5.41, 5.74) is -3.59. The molecule has 2 aromatic rings. The minimum Gasteiger partial charge on any atom is -0.507 e. The van der Waals surface area contributed by atoms with Crippen molar-refractivity contribution in [2.75, 3.05) is 13.7 Å². The Balaban J connectivity index is 1.81. The Labute approximate surface area is 207 Å². The standard InChI is InChI=1S/C28H25NO7/c1-4-36-26(33)22-16(2)29(15-17-9-11-18(35-3)12-10-17)27(34)14-13-21(30)23-24(31)19-7-5-6-8-20(19)25(32)28(22,23)27/h5-14,31,34H,4,15H2,1-3H3. The lowest BCUT2D eigenvalue weighted by molar-refractivity contribution is -0.142. The van der Waals surface area contributed by atoms with Gasteiger partial charge in [-0.2, -0.15) is 0 Å². The van der Waals surface area contributed by atoms with Gasteiger partial charge in [0.25, 0.3) is 0 Å². The molecular formula is C28H25NO7. The quantitative estimate of drug-likeness (QED) is 0.618. The number of carbonyl (C=O) groups is 3. The molecule has 8 nitrogen and oxygen atoms in total. The molecule has 2 atom stereocenters. The number of ketones is 2. The van der Waals surface area contributed by atoms with Crippen molar-refractivity contribution >= 4 is 23.3 Å². The van der Waals surface area contributed by atoms with Gasteiger partial charge in [0.1, 0.15) is 11.5 Å². The Bertz CT molecular complexity index is 1400. The van der Waals surface area contributed by atoms with E-state index in [1.807, 2.05) is 0 Å². The Morgan fingerprint density at radius 2 is 1.72 bits per heavy atom. The molecule has 2 aromatic carbocycles. The van der Waals surface area contributed by atoms with Gasteiger partial charge in [-0.05, 0) is 43.7 Å². The first-order valence-electron chi connectivity index (χ1n) is 11.5. The van der Waals surface area contributed by atoms with Crippen LogP contribution in [0.5, 0.6) is 5.75 Å². The molecular weight excluding hydrogens is 462 g/mol. The zero-order valence-corrected chi connectivity index (χ0v) is 20.1. The largest absolute Gasteiger partial charge is 0.507 e. The predicted molar refractivity (Wildman–Crippen MR) is 130 cm³/mol. The number of hydrogen-bond acceptors (Lipinski definition) is 8. The molecule has 0 saturated carbocycles. The molecule has 0 fully saturated rings. The van der Waals surface area contributed by atoms with Gasteiger partial charge in [0.05, 0.1) is 24.9 Å².